The summed E-state index contributed by atoms with van der Waals surface area (Å²) in [5, 5.41) is 20.0. The van der Waals surface area contributed by atoms with Crippen LogP contribution < -0.4 is 10.3 Å². The molecule has 2 aromatic heterocycles. The Morgan fingerprint density at radius 1 is 1.32 bits per heavy atom. The van der Waals surface area contributed by atoms with Gasteiger partial charge in [0.15, 0.2) is 0 Å². The van der Waals surface area contributed by atoms with Crippen LogP contribution in [0, 0.1) is 0 Å². The van der Waals surface area contributed by atoms with Crippen LogP contribution in [0.5, 0.6) is 0 Å². The van der Waals surface area contributed by atoms with Crippen molar-refractivity contribution >= 4 is 0 Å². The van der Waals surface area contributed by atoms with Crippen molar-refractivity contribution in [3.63, 3.8) is 0 Å². The summed E-state index contributed by atoms with van der Waals surface area (Å²) in [6, 6.07) is 2.05. The Labute approximate surface area is 129 Å². The molecule has 2 aliphatic heterocycles. The highest BCUT2D eigenvalue weighted by Crippen LogP contribution is 2.29. The molecule has 2 N–H and O–H groups in total. The summed E-state index contributed by atoms with van der Waals surface area (Å²) >= 11 is 0. The second-order valence-electron chi connectivity index (χ2n) is 5.86. The topological polar surface area (TPSA) is 79.1 Å². The predicted molar refractivity (Wildman–Crippen MR) is 81.6 cm³/mol. The number of hydrogen-bond acceptors (Lipinski definition) is 6. The first-order valence-corrected chi connectivity index (χ1v) is 7.84. The molecule has 22 heavy (non-hydrogen) atoms. The van der Waals surface area contributed by atoms with Crippen molar-refractivity contribution in [2.75, 3.05) is 18.2 Å². The third kappa shape index (κ3) is 2.17. The standard InChI is InChI=1S/C15H20N6O/c22-9-11-3-1-2-6-20(11)21-15(13-4-5-16-10-18-13)12-7-17-8-14(12)19-21/h4-5,10-11,17,22H,1-3,6-9H2. The zero-order valence-electron chi connectivity index (χ0n) is 12.4. The van der Waals surface area contributed by atoms with Gasteiger partial charge in [-0.25, -0.2) is 9.97 Å². The van der Waals surface area contributed by atoms with Gasteiger partial charge in [-0.1, -0.05) is 0 Å². The van der Waals surface area contributed by atoms with Gasteiger partial charge in [-0.3, -0.25) is 5.01 Å². The van der Waals surface area contributed by atoms with Gasteiger partial charge in [-0.05, 0) is 25.3 Å². The van der Waals surface area contributed by atoms with Crippen molar-refractivity contribution in [3.8, 4) is 11.4 Å². The van der Waals surface area contributed by atoms with Crippen LogP contribution >= 0.6 is 0 Å². The van der Waals surface area contributed by atoms with E-state index < -0.39 is 0 Å². The van der Waals surface area contributed by atoms with Gasteiger partial charge in [0, 0.05) is 31.4 Å². The molecular weight excluding hydrogens is 280 g/mol. The number of aromatic nitrogens is 4. The van der Waals surface area contributed by atoms with Crippen LogP contribution in [0.1, 0.15) is 30.5 Å². The molecule has 4 heterocycles. The van der Waals surface area contributed by atoms with Crippen LogP contribution in [0.4, 0.5) is 0 Å². The molecule has 1 unspecified atom stereocenters. The molecule has 0 aromatic carbocycles. The lowest BCUT2D eigenvalue weighted by Crippen LogP contribution is -2.50. The van der Waals surface area contributed by atoms with Crippen LogP contribution in [0.2, 0.25) is 0 Å². The number of piperidine rings is 1. The van der Waals surface area contributed by atoms with Gasteiger partial charge in [0.25, 0.3) is 0 Å². The molecule has 0 bridgehead atoms. The van der Waals surface area contributed by atoms with Crippen LogP contribution in [0.3, 0.4) is 0 Å². The molecule has 116 valence electrons. The maximum atomic E-state index is 9.71. The zero-order valence-corrected chi connectivity index (χ0v) is 12.4. The first kappa shape index (κ1) is 13.7. The molecule has 2 aromatic rings. The van der Waals surface area contributed by atoms with Crippen molar-refractivity contribution in [3.05, 3.63) is 29.8 Å². The van der Waals surface area contributed by atoms with Crippen LogP contribution in [-0.4, -0.2) is 44.2 Å². The molecule has 0 aliphatic carbocycles. The Bertz CT molecular complexity index is 656. The number of fused-ring (bicyclic) bond motifs is 1. The normalized spacial score (nSPS) is 21.1. The fourth-order valence-corrected chi connectivity index (χ4v) is 3.41. The van der Waals surface area contributed by atoms with Gasteiger partial charge in [0.2, 0.25) is 0 Å². The summed E-state index contributed by atoms with van der Waals surface area (Å²) in [4.78, 5) is 10.4. The minimum Gasteiger partial charge on any atom is -0.394 e. The molecule has 0 radical (unpaired) electrons. The van der Waals surface area contributed by atoms with E-state index in [9.17, 15) is 5.11 Å². The average Bonchev–Trinajstić information content (AvgIpc) is 3.16. The van der Waals surface area contributed by atoms with E-state index in [1.54, 1.807) is 12.5 Å². The Morgan fingerprint density at radius 2 is 2.27 bits per heavy atom. The van der Waals surface area contributed by atoms with Crippen LogP contribution in [0.25, 0.3) is 11.4 Å². The molecule has 4 rings (SSSR count). The van der Waals surface area contributed by atoms with Gasteiger partial charge < -0.3 is 10.4 Å². The van der Waals surface area contributed by atoms with E-state index in [0.717, 1.165) is 56.0 Å². The Hall–Kier alpha value is -1.99. The van der Waals surface area contributed by atoms with E-state index in [-0.39, 0.29) is 12.6 Å². The molecule has 0 spiro atoms. The van der Waals surface area contributed by atoms with Crippen molar-refractivity contribution in [2.45, 2.75) is 38.4 Å². The van der Waals surface area contributed by atoms with E-state index in [1.807, 2.05) is 10.9 Å². The SMILES string of the molecule is OCC1CCCCN1n1nc2c(c1-c1ccncn1)CNC2. The number of nitrogens with one attached hydrogen (secondary N) is 1. The lowest BCUT2D eigenvalue weighted by atomic mass is 10.0. The van der Waals surface area contributed by atoms with Crippen LogP contribution in [-0.2, 0) is 13.1 Å². The smallest absolute Gasteiger partial charge is 0.116 e. The highest BCUT2D eigenvalue weighted by molar-refractivity contribution is 5.61. The molecule has 7 heteroatoms. The number of aliphatic hydroxyl groups excluding tert-OH is 1. The Kier molecular flexibility index (Phi) is 3.51. The van der Waals surface area contributed by atoms with Crippen molar-refractivity contribution in [2.24, 2.45) is 0 Å². The molecule has 0 saturated carbocycles. The predicted octanol–water partition coefficient (Wildman–Crippen LogP) is 0.426. The Morgan fingerprint density at radius 3 is 3.09 bits per heavy atom. The largest absolute Gasteiger partial charge is 0.394 e. The quantitative estimate of drug-likeness (QED) is 0.855. The summed E-state index contributed by atoms with van der Waals surface area (Å²) < 4.78 is 0. The first-order chi connectivity index (χ1) is 10.9. The second kappa shape index (κ2) is 5.66. The van der Waals surface area contributed by atoms with E-state index in [1.165, 1.54) is 5.56 Å². The average molecular weight is 300 g/mol. The van der Waals surface area contributed by atoms with Crippen molar-refractivity contribution < 1.29 is 5.11 Å². The number of nitrogens with zero attached hydrogens (tertiary/aromatic N) is 5. The first-order valence-electron chi connectivity index (χ1n) is 7.84. The lowest BCUT2D eigenvalue weighted by Gasteiger charge is -2.36. The molecule has 1 saturated heterocycles. The molecule has 2 aliphatic rings. The number of aliphatic hydroxyl groups is 1. The number of rotatable bonds is 3. The highest BCUT2D eigenvalue weighted by Gasteiger charge is 2.30. The molecule has 0 amide bonds. The molecule has 1 fully saturated rings. The van der Waals surface area contributed by atoms with Gasteiger partial charge in [-0.15, -0.1) is 0 Å². The monoisotopic (exact) mass is 300 g/mol. The highest BCUT2D eigenvalue weighted by atomic mass is 16.3. The van der Waals surface area contributed by atoms with E-state index >= 15 is 0 Å². The van der Waals surface area contributed by atoms with Gasteiger partial charge >= 0.3 is 0 Å². The van der Waals surface area contributed by atoms with Gasteiger partial charge in [0.1, 0.15) is 12.0 Å². The maximum absolute atomic E-state index is 9.71. The summed E-state index contributed by atoms with van der Waals surface area (Å²) in [6.45, 7) is 2.67. The molecule has 7 nitrogen and oxygen atoms in total. The van der Waals surface area contributed by atoms with E-state index in [4.69, 9.17) is 5.10 Å². The Balaban J connectivity index is 1.82. The summed E-state index contributed by atoms with van der Waals surface area (Å²) in [5.74, 6) is 0. The molecular formula is C15H20N6O. The fraction of sp³-hybridized carbons (Fsp3) is 0.533. The van der Waals surface area contributed by atoms with Crippen LogP contribution in [0.15, 0.2) is 18.6 Å². The molecule has 1 atom stereocenters. The van der Waals surface area contributed by atoms with E-state index in [0.29, 0.717) is 0 Å². The summed E-state index contributed by atoms with van der Waals surface area (Å²) in [5.41, 5.74) is 4.20. The van der Waals surface area contributed by atoms with Crippen molar-refractivity contribution in [1.82, 2.24) is 25.2 Å². The third-order valence-corrected chi connectivity index (χ3v) is 4.52. The lowest BCUT2D eigenvalue weighted by molar-refractivity contribution is 0.215. The van der Waals surface area contributed by atoms with E-state index in [2.05, 4.69) is 20.3 Å². The van der Waals surface area contributed by atoms with Gasteiger partial charge in [-0.2, -0.15) is 9.89 Å². The maximum Gasteiger partial charge on any atom is 0.116 e. The minimum atomic E-state index is 0.127. The zero-order chi connectivity index (χ0) is 14.9. The second-order valence-corrected chi connectivity index (χ2v) is 5.86. The third-order valence-electron chi connectivity index (χ3n) is 4.52. The number of hydrogen-bond donors (Lipinski definition) is 2. The van der Waals surface area contributed by atoms with Gasteiger partial charge in [0.05, 0.1) is 24.0 Å². The summed E-state index contributed by atoms with van der Waals surface area (Å²) in [6.07, 6.45) is 6.62. The van der Waals surface area contributed by atoms with Crippen molar-refractivity contribution in [1.29, 1.82) is 0 Å². The summed E-state index contributed by atoms with van der Waals surface area (Å²) in [7, 11) is 0. The minimum absolute atomic E-state index is 0.127. The fourth-order valence-electron chi connectivity index (χ4n) is 3.41.